The van der Waals surface area contributed by atoms with E-state index >= 15 is 0 Å². The smallest absolute Gasteiger partial charge is 0.325 e. The number of thiophene rings is 1. The van der Waals surface area contributed by atoms with Crippen LogP contribution in [0.5, 0.6) is 11.5 Å². The summed E-state index contributed by atoms with van der Waals surface area (Å²) in [6.45, 7) is 0.967. The number of nitrogens with zero attached hydrogens (tertiary/aromatic N) is 2. The Morgan fingerprint density at radius 3 is 2.62 bits per heavy atom. The molecule has 168 valence electrons. The highest BCUT2D eigenvalue weighted by molar-refractivity contribution is 7.09. The average molecular weight is 456 g/mol. The molecule has 1 aromatic heterocycles. The number of nitrogens with one attached hydrogen (secondary N) is 1. The third-order valence-electron chi connectivity index (χ3n) is 6.28. The molecular weight excluding hydrogens is 430 g/mol. The van der Waals surface area contributed by atoms with E-state index < -0.39 is 11.6 Å². The summed E-state index contributed by atoms with van der Waals surface area (Å²) >= 11 is 1.54. The van der Waals surface area contributed by atoms with Gasteiger partial charge in [0.2, 0.25) is 5.91 Å². The van der Waals surface area contributed by atoms with Crippen LogP contribution < -0.4 is 19.7 Å². The first-order chi connectivity index (χ1) is 15.6. The second-order valence-corrected chi connectivity index (χ2v) is 9.38. The summed E-state index contributed by atoms with van der Waals surface area (Å²) in [4.78, 5) is 42.9. The van der Waals surface area contributed by atoms with E-state index in [0.717, 1.165) is 29.0 Å². The van der Waals surface area contributed by atoms with Crippen LogP contribution in [0.15, 0.2) is 35.7 Å². The topological polar surface area (TPSA) is 88.2 Å². The molecule has 0 radical (unpaired) electrons. The number of fused-ring (bicyclic) bond motifs is 1. The molecule has 1 N–H and O–H groups in total. The van der Waals surface area contributed by atoms with Gasteiger partial charge in [0.25, 0.3) is 5.91 Å². The van der Waals surface area contributed by atoms with Gasteiger partial charge in [0.1, 0.15) is 25.3 Å². The number of benzene rings is 1. The van der Waals surface area contributed by atoms with Crippen molar-refractivity contribution in [2.24, 2.45) is 0 Å². The number of imide groups is 1. The molecule has 9 heteroatoms. The van der Waals surface area contributed by atoms with Crippen molar-refractivity contribution in [3.63, 3.8) is 0 Å². The standard InChI is InChI=1S/C23H25N3O5S/c27-20(15-26-21(28)23(24-22(26)29)8-2-1-3-9-23)25(14-17-5-4-12-32-17)16-6-7-18-19(13-16)31-11-10-30-18/h4-7,12-13H,1-3,8-11,14-15H2,(H,24,29). The van der Waals surface area contributed by atoms with Crippen LogP contribution in [0.1, 0.15) is 37.0 Å². The monoisotopic (exact) mass is 455 g/mol. The molecule has 0 bridgehead atoms. The average Bonchev–Trinajstić information content (AvgIpc) is 3.40. The maximum Gasteiger partial charge on any atom is 0.325 e. The van der Waals surface area contributed by atoms with Gasteiger partial charge in [-0.25, -0.2) is 4.79 Å². The second-order valence-electron chi connectivity index (χ2n) is 8.35. The predicted octanol–water partition coefficient (Wildman–Crippen LogP) is 3.31. The van der Waals surface area contributed by atoms with E-state index in [9.17, 15) is 14.4 Å². The first-order valence-corrected chi connectivity index (χ1v) is 11.8. The molecule has 3 heterocycles. The SMILES string of the molecule is O=C1NC2(CCCCC2)C(=O)N1CC(=O)N(Cc1cccs1)c1ccc2c(c1)OCCO2. The molecule has 2 aliphatic heterocycles. The van der Waals surface area contributed by atoms with E-state index in [1.165, 1.54) is 0 Å². The number of carbonyl (C=O) groups is 3. The van der Waals surface area contributed by atoms with Crippen molar-refractivity contribution in [2.75, 3.05) is 24.7 Å². The highest BCUT2D eigenvalue weighted by atomic mass is 32.1. The number of hydrogen-bond donors (Lipinski definition) is 1. The molecule has 1 saturated carbocycles. The van der Waals surface area contributed by atoms with Gasteiger partial charge in [-0.1, -0.05) is 25.3 Å². The maximum atomic E-state index is 13.4. The largest absolute Gasteiger partial charge is 0.486 e. The van der Waals surface area contributed by atoms with E-state index in [1.807, 2.05) is 17.5 Å². The Morgan fingerprint density at radius 1 is 1.09 bits per heavy atom. The normalized spacial score (nSPS) is 19.2. The van der Waals surface area contributed by atoms with Crippen molar-refractivity contribution < 1.29 is 23.9 Å². The van der Waals surface area contributed by atoms with E-state index in [1.54, 1.807) is 34.4 Å². The van der Waals surface area contributed by atoms with Crippen LogP contribution in [-0.4, -0.2) is 48.0 Å². The lowest BCUT2D eigenvalue weighted by Crippen LogP contribution is -2.49. The Kier molecular flexibility index (Phi) is 5.50. The van der Waals surface area contributed by atoms with Gasteiger partial charge >= 0.3 is 6.03 Å². The Labute approximate surface area is 190 Å². The lowest BCUT2D eigenvalue weighted by atomic mass is 9.82. The van der Waals surface area contributed by atoms with Crippen molar-refractivity contribution in [1.82, 2.24) is 10.2 Å². The van der Waals surface area contributed by atoms with Gasteiger partial charge in [-0.2, -0.15) is 0 Å². The maximum absolute atomic E-state index is 13.4. The second kappa shape index (κ2) is 8.46. The number of carbonyl (C=O) groups excluding carboxylic acids is 3. The molecule has 1 spiro atoms. The zero-order valence-corrected chi connectivity index (χ0v) is 18.5. The molecule has 2 fully saturated rings. The predicted molar refractivity (Wildman–Crippen MR) is 119 cm³/mol. The third kappa shape index (κ3) is 3.81. The first-order valence-electron chi connectivity index (χ1n) is 10.9. The number of urea groups is 1. The quantitative estimate of drug-likeness (QED) is 0.699. The zero-order chi connectivity index (χ0) is 22.1. The van der Waals surface area contributed by atoms with Gasteiger partial charge in [0.05, 0.1) is 6.54 Å². The van der Waals surface area contributed by atoms with E-state index in [0.29, 0.717) is 49.8 Å². The molecule has 32 heavy (non-hydrogen) atoms. The zero-order valence-electron chi connectivity index (χ0n) is 17.7. The fourth-order valence-corrected chi connectivity index (χ4v) is 5.31. The summed E-state index contributed by atoms with van der Waals surface area (Å²) < 4.78 is 11.3. The van der Waals surface area contributed by atoms with Crippen molar-refractivity contribution in [3.8, 4) is 11.5 Å². The highest BCUT2D eigenvalue weighted by Crippen LogP contribution is 2.36. The van der Waals surface area contributed by atoms with Crippen LogP contribution >= 0.6 is 11.3 Å². The summed E-state index contributed by atoms with van der Waals surface area (Å²) in [5.41, 5.74) is -0.211. The fraction of sp³-hybridized carbons (Fsp3) is 0.435. The highest BCUT2D eigenvalue weighted by Gasteiger charge is 2.51. The van der Waals surface area contributed by atoms with Crippen molar-refractivity contribution in [3.05, 3.63) is 40.6 Å². The Bertz CT molecular complexity index is 1030. The molecular formula is C23H25N3O5S. The molecule has 2 aromatic rings. The minimum Gasteiger partial charge on any atom is -0.486 e. The summed E-state index contributed by atoms with van der Waals surface area (Å²) in [7, 11) is 0. The number of ether oxygens (including phenoxy) is 2. The van der Waals surface area contributed by atoms with Crippen molar-refractivity contribution in [2.45, 2.75) is 44.2 Å². The Hall–Kier alpha value is -3.07. The van der Waals surface area contributed by atoms with Gasteiger partial charge in [0.15, 0.2) is 11.5 Å². The summed E-state index contributed by atoms with van der Waals surface area (Å²) in [5, 5.41) is 4.82. The summed E-state index contributed by atoms with van der Waals surface area (Å²) in [6.07, 6.45) is 4.11. The Morgan fingerprint density at radius 2 is 1.88 bits per heavy atom. The van der Waals surface area contributed by atoms with Crippen LogP contribution in [0.2, 0.25) is 0 Å². The molecule has 1 saturated heterocycles. The van der Waals surface area contributed by atoms with Gasteiger partial charge in [-0.15, -0.1) is 11.3 Å². The van der Waals surface area contributed by atoms with Crippen LogP contribution in [0.3, 0.4) is 0 Å². The Balaban J connectivity index is 1.40. The molecule has 4 amide bonds. The van der Waals surface area contributed by atoms with E-state index in [-0.39, 0.29) is 18.4 Å². The number of anilines is 1. The van der Waals surface area contributed by atoms with Gasteiger partial charge < -0.3 is 19.7 Å². The van der Waals surface area contributed by atoms with Crippen LogP contribution in [0, 0.1) is 0 Å². The molecule has 1 aliphatic carbocycles. The summed E-state index contributed by atoms with van der Waals surface area (Å²) in [6, 6.07) is 8.75. The number of amides is 4. The molecule has 0 atom stereocenters. The van der Waals surface area contributed by atoms with E-state index in [2.05, 4.69) is 5.32 Å². The van der Waals surface area contributed by atoms with Crippen molar-refractivity contribution >= 4 is 34.9 Å². The fourth-order valence-electron chi connectivity index (χ4n) is 4.62. The summed E-state index contributed by atoms with van der Waals surface area (Å²) in [5.74, 6) is 0.603. The minimum absolute atomic E-state index is 0.284. The van der Waals surface area contributed by atoms with Crippen LogP contribution in [0.25, 0.3) is 0 Å². The molecule has 3 aliphatic rings. The lowest BCUT2D eigenvalue weighted by molar-refractivity contribution is -0.135. The van der Waals surface area contributed by atoms with Gasteiger partial charge in [-0.05, 0) is 36.4 Å². The van der Waals surface area contributed by atoms with E-state index in [4.69, 9.17) is 9.47 Å². The molecule has 0 unspecified atom stereocenters. The van der Waals surface area contributed by atoms with Crippen LogP contribution in [0.4, 0.5) is 10.5 Å². The first kappa shape index (κ1) is 20.8. The van der Waals surface area contributed by atoms with Crippen molar-refractivity contribution in [1.29, 1.82) is 0 Å². The number of rotatable bonds is 5. The third-order valence-corrected chi connectivity index (χ3v) is 7.14. The minimum atomic E-state index is -0.842. The molecule has 1 aromatic carbocycles. The lowest BCUT2D eigenvalue weighted by Gasteiger charge is -2.30. The molecule has 8 nitrogen and oxygen atoms in total. The van der Waals surface area contributed by atoms with Gasteiger partial charge in [0, 0.05) is 16.6 Å². The van der Waals surface area contributed by atoms with Crippen LogP contribution in [-0.2, 0) is 16.1 Å². The number of hydrogen-bond acceptors (Lipinski definition) is 6. The molecule has 5 rings (SSSR count). The van der Waals surface area contributed by atoms with Gasteiger partial charge in [-0.3, -0.25) is 14.5 Å².